The van der Waals surface area contributed by atoms with Gasteiger partial charge in [0.1, 0.15) is 5.75 Å². The maximum absolute atomic E-state index is 13.3. The summed E-state index contributed by atoms with van der Waals surface area (Å²) in [5.74, 6) is 0.624. The summed E-state index contributed by atoms with van der Waals surface area (Å²) in [5.41, 5.74) is 2.00. The average molecular weight is 521 g/mol. The van der Waals surface area contributed by atoms with E-state index in [1.807, 2.05) is 42.5 Å². The van der Waals surface area contributed by atoms with Gasteiger partial charge in [0.05, 0.1) is 12.7 Å². The molecule has 1 amide bonds. The molecule has 7 heteroatoms. The monoisotopic (exact) mass is 520 g/mol. The molecule has 0 saturated heterocycles. The fourth-order valence-corrected chi connectivity index (χ4v) is 4.49. The van der Waals surface area contributed by atoms with Crippen molar-refractivity contribution in [3.05, 3.63) is 113 Å². The van der Waals surface area contributed by atoms with Gasteiger partial charge in [-0.3, -0.25) is 4.79 Å². The molecule has 0 aliphatic carbocycles. The van der Waals surface area contributed by atoms with Crippen LogP contribution < -0.4 is 10.1 Å². The maximum atomic E-state index is 13.3. The standard InChI is InChI=1S/C31H31F3N2O2/c1-22(28-9-5-7-25-6-3-4-8-29(25)28)35-19-18-30(37)36(21-24-12-16-27(38-2)17-13-24)20-23-10-14-26(15-11-23)31(32,33)34/h3-17,22,35H,18-21H2,1-2H3/t22-/m1/s1. The first-order valence-corrected chi connectivity index (χ1v) is 12.5. The summed E-state index contributed by atoms with van der Waals surface area (Å²) in [4.78, 5) is 15.0. The molecule has 1 atom stereocenters. The van der Waals surface area contributed by atoms with Gasteiger partial charge < -0.3 is 15.0 Å². The third kappa shape index (κ3) is 6.92. The number of amides is 1. The van der Waals surface area contributed by atoms with Gasteiger partial charge in [0, 0.05) is 32.1 Å². The van der Waals surface area contributed by atoms with Gasteiger partial charge in [0.15, 0.2) is 0 Å². The molecule has 0 aromatic heterocycles. The quantitative estimate of drug-likeness (QED) is 0.242. The summed E-state index contributed by atoms with van der Waals surface area (Å²) in [5, 5.41) is 5.79. The number of methoxy groups -OCH3 is 1. The smallest absolute Gasteiger partial charge is 0.416 e. The minimum Gasteiger partial charge on any atom is -0.497 e. The van der Waals surface area contributed by atoms with Crippen molar-refractivity contribution in [3.63, 3.8) is 0 Å². The van der Waals surface area contributed by atoms with Crippen LogP contribution in [0.4, 0.5) is 13.2 Å². The van der Waals surface area contributed by atoms with Crippen molar-refractivity contribution in [2.24, 2.45) is 0 Å². The van der Waals surface area contributed by atoms with Crippen molar-refractivity contribution in [3.8, 4) is 5.75 Å². The zero-order chi connectivity index (χ0) is 27.1. The van der Waals surface area contributed by atoms with E-state index in [1.54, 1.807) is 12.0 Å². The van der Waals surface area contributed by atoms with Crippen LogP contribution in [-0.4, -0.2) is 24.5 Å². The predicted molar refractivity (Wildman–Crippen MR) is 144 cm³/mol. The van der Waals surface area contributed by atoms with Crippen LogP contribution in [0.1, 0.15) is 41.6 Å². The molecule has 0 bridgehead atoms. The van der Waals surface area contributed by atoms with E-state index in [0.717, 1.165) is 28.6 Å². The first-order valence-electron chi connectivity index (χ1n) is 12.5. The number of hydrogen-bond donors (Lipinski definition) is 1. The molecular formula is C31H31F3N2O2. The van der Waals surface area contributed by atoms with Crippen molar-refractivity contribution >= 4 is 16.7 Å². The Morgan fingerprint density at radius 2 is 1.47 bits per heavy atom. The minimum atomic E-state index is -4.40. The lowest BCUT2D eigenvalue weighted by molar-refractivity contribution is -0.137. The van der Waals surface area contributed by atoms with Crippen LogP contribution in [0.2, 0.25) is 0 Å². The largest absolute Gasteiger partial charge is 0.497 e. The lowest BCUT2D eigenvalue weighted by atomic mass is 9.99. The second-order valence-electron chi connectivity index (χ2n) is 9.29. The van der Waals surface area contributed by atoms with Crippen LogP contribution in [0.5, 0.6) is 5.75 Å². The molecule has 0 spiro atoms. The van der Waals surface area contributed by atoms with Gasteiger partial charge in [-0.05, 0) is 58.7 Å². The molecule has 0 aliphatic heterocycles. The molecule has 4 nitrogen and oxygen atoms in total. The number of carbonyl (C=O) groups excluding carboxylic acids is 1. The van der Waals surface area contributed by atoms with E-state index in [-0.39, 0.29) is 24.9 Å². The predicted octanol–water partition coefficient (Wildman–Crippen LogP) is 7.14. The van der Waals surface area contributed by atoms with E-state index in [0.29, 0.717) is 24.4 Å². The van der Waals surface area contributed by atoms with Crippen molar-refractivity contribution < 1.29 is 22.7 Å². The van der Waals surface area contributed by atoms with Gasteiger partial charge in [-0.2, -0.15) is 13.2 Å². The van der Waals surface area contributed by atoms with Crippen LogP contribution >= 0.6 is 0 Å². The summed E-state index contributed by atoms with van der Waals surface area (Å²) in [6.45, 7) is 3.09. The van der Waals surface area contributed by atoms with Crippen LogP contribution in [0.15, 0.2) is 91.0 Å². The highest BCUT2D eigenvalue weighted by molar-refractivity contribution is 5.86. The Hall–Kier alpha value is -3.84. The third-order valence-corrected chi connectivity index (χ3v) is 6.62. The van der Waals surface area contributed by atoms with E-state index in [9.17, 15) is 18.0 Å². The Bertz CT molecular complexity index is 1350. The maximum Gasteiger partial charge on any atom is 0.416 e. The van der Waals surface area contributed by atoms with Gasteiger partial charge in [0.2, 0.25) is 5.91 Å². The molecule has 0 aliphatic rings. The number of nitrogens with zero attached hydrogens (tertiary/aromatic N) is 1. The van der Waals surface area contributed by atoms with Gasteiger partial charge in [-0.25, -0.2) is 0 Å². The fraction of sp³-hybridized carbons (Fsp3) is 0.258. The second kappa shape index (κ2) is 12.1. The van der Waals surface area contributed by atoms with Crippen molar-refractivity contribution in [1.29, 1.82) is 0 Å². The molecule has 0 unspecified atom stereocenters. The van der Waals surface area contributed by atoms with Gasteiger partial charge in [-0.15, -0.1) is 0 Å². The van der Waals surface area contributed by atoms with Crippen LogP contribution in [0.3, 0.4) is 0 Å². The van der Waals surface area contributed by atoms with Crippen LogP contribution in [-0.2, 0) is 24.1 Å². The Balaban J connectivity index is 1.44. The zero-order valence-electron chi connectivity index (χ0n) is 21.5. The Morgan fingerprint density at radius 3 is 2.11 bits per heavy atom. The lowest BCUT2D eigenvalue weighted by Crippen LogP contribution is -2.33. The summed E-state index contributed by atoms with van der Waals surface area (Å²) in [6.07, 6.45) is -4.14. The number of hydrogen-bond acceptors (Lipinski definition) is 3. The zero-order valence-corrected chi connectivity index (χ0v) is 21.5. The minimum absolute atomic E-state index is 0.0406. The van der Waals surface area contributed by atoms with Gasteiger partial charge >= 0.3 is 6.18 Å². The van der Waals surface area contributed by atoms with E-state index in [1.165, 1.54) is 17.5 Å². The SMILES string of the molecule is COc1ccc(CN(Cc2ccc(C(F)(F)F)cc2)C(=O)CCN[C@H](C)c2cccc3ccccc23)cc1. The summed E-state index contributed by atoms with van der Waals surface area (Å²) in [6, 6.07) is 26.8. The highest BCUT2D eigenvalue weighted by Crippen LogP contribution is 2.29. The molecule has 4 rings (SSSR count). The lowest BCUT2D eigenvalue weighted by Gasteiger charge is -2.24. The molecule has 0 fully saturated rings. The number of benzene rings is 4. The molecule has 4 aromatic rings. The summed E-state index contributed by atoms with van der Waals surface area (Å²) < 4.78 is 44.2. The number of fused-ring (bicyclic) bond motifs is 1. The molecular weight excluding hydrogens is 489 g/mol. The highest BCUT2D eigenvalue weighted by atomic mass is 19.4. The summed E-state index contributed by atoms with van der Waals surface area (Å²) >= 11 is 0. The summed E-state index contributed by atoms with van der Waals surface area (Å²) in [7, 11) is 1.59. The normalized spacial score (nSPS) is 12.3. The molecule has 198 valence electrons. The first kappa shape index (κ1) is 27.2. The number of halogens is 3. The van der Waals surface area contributed by atoms with Crippen LogP contribution in [0.25, 0.3) is 10.8 Å². The molecule has 0 heterocycles. The molecule has 0 saturated carbocycles. The number of rotatable bonds is 10. The highest BCUT2D eigenvalue weighted by Gasteiger charge is 2.30. The number of carbonyl (C=O) groups is 1. The number of ether oxygens (including phenoxy) is 1. The number of alkyl halides is 3. The van der Waals surface area contributed by atoms with E-state index >= 15 is 0 Å². The van der Waals surface area contributed by atoms with Gasteiger partial charge in [0.25, 0.3) is 0 Å². The molecule has 38 heavy (non-hydrogen) atoms. The molecule has 1 N–H and O–H groups in total. The third-order valence-electron chi connectivity index (χ3n) is 6.62. The van der Waals surface area contributed by atoms with E-state index < -0.39 is 11.7 Å². The van der Waals surface area contributed by atoms with Crippen molar-refractivity contribution in [2.75, 3.05) is 13.7 Å². The van der Waals surface area contributed by atoms with Crippen molar-refractivity contribution in [1.82, 2.24) is 10.2 Å². The Morgan fingerprint density at radius 1 is 0.868 bits per heavy atom. The van der Waals surface area contributed by atoms with Crippen LogP contribution in [0, 0.1) is 0 Å². The topological polar surface area (TPSA) is 41.6 Å². The average Bonchev–Trinajstić information content (AvgIpc) is 2.92. The fourth-order valence-electron chi connectivity index (χ4n) is 4.49. The number of nitrogens with one attached hydrogen (secondary N) is 1. The molecule has 4 aromatic carbocycles. The second-order valence-corrected chi connectivity index (χ2v) is 9.29. The van der Waals surface area contributed by atoms with E-state index in [2.05, 4.69) is 36.5 Å². The van der Waals surface area contributed by atoms with E-state index in [4.69, 9.17) is 4.74 Å². The molecule has 0 radical (unpaired) electrons. The van der Waals surface area contributed by atoms with Crippen molar-refractivity contribution in [2.45, 2.75) is 38.7 Å². The van der Waals surface area contributed by atoms with Gasteiger partial charge in [-0.1, -0.05) is 66.7 Å². The Kier molecular flexibility index (Phi) is 8.69. The Labute approximate surface area is 221 Å². The first-order chi connectivity index (χ1) is 18.2.